The summed E-state index contributed by atoms with van der Waals surface area (Å²) < 4.78 is 0. The van der Waals surface area contributed by atoms with Gasteiger partial charge in [0.2, 0.25) is 5.91 Å². The lowest BCUT2D eigenvalue weighted by Gasteiger charge is -2.32. The molecule has 1 saturated carbocycles. The summed E-state index contributed by atoms with van der Waals surface area (Å²) in [6.07, 6.45) is 9.75. The van der Waals surface area contributed by atoms with E-state index in [0.717, 1.165) is 55.5 Å². The molecule has 1 saturated heterocycles. The van der Waals surface area contributed by atoms with Crippen molar-refractivity contribution in [3.63, 3.8) is 0 Å². The Morgan fingerprint density at radius 3 is 2.59 bits per heavy atom. The number of nitrogens with two attached hydrogens (primary N) is 1. The first-order chi connectivity index (χ1) is 13.0. The van der Waals surface area contributed by atoms with Crippen LogP contribution in [0.5, 0.6) is 5.75 Å². The number of hydrogen-bond donors (Lipinski definition) is 2. The molecule has 1 aliphatic carbocycles. The number of likely N-dealkylation sites (tertiary alicyclic amines) is 1. The Kier molecular flexibility index (Phi) is 6.17. The van der Waals surface area contributed by atoms with Gasteiger partial charge >= 0.3 is 0 Å². The fourth-order valence-electron chi connectivity index (χ4n) is 3.73. The van der Waals surface area contributed by atoms with Crippen LogP contribution in [0.2, 0.25) is 0 Å². The molecular formula is C23H30N2O2. The second-order valence-corrected chi connectivity index (χ2v) is 7.78. The number of nitrogens with zero attached hydrogens (tertiary/aromatic N) is 1. The van der Waals surface area contributed by atoms with Crippen LogP contribution in [0.25, 0.3) is 6.08 Å². The average Bonchev–Trinajstić information content (AvgIpc) is 3.51. The van der Waals surface area contributed by atoms with Crippen LogP contribution in [0.4, 0.5) is 0 Å². The summed E-state index contributed by atoms with van der Waals surface area (Å²) in [6, 6.07) is 5.71. The monoisotopic (exact) mass is 366 g/mol. The molecule has 1 amide bonds. The van der Waals surface area contributed by atoms with Crippen molar-refractivity contribution in [2.45, 2.75) is 38.5 Å². The molecule has 1 aliphatic heterocycles. The molecule has 4 heteroatoms. The first-order valence-electron chi connectivity index (χ1n) is 9.84. The van der Waals surface area contributed by atoms with E-state index in [1.165, 1.54) is 5.57 Å². The van der Waals surface area contributed by atoms with Crippen molar-refractivity contribution in [2.75, 3.05) is 19.6 Å². The molecule has 144 valence electrons. The number of carbonyl (C=O) groups excluding carboxylic acids is 1. The summed E-state index contributed by atoms with van der Waals surface area (Å²) in [5, 5.41) is 10.1. The smallest absolute Gasteiger partial charge is 0.246 e. The number of benzene rings is 1. The largest absolute Gasteiger partial charge is 0.508 e. The van der Waals surface area contributed by atoms with Crippen molar-refractivity contribution in [3.8, 4) is 5.75 Å². The summed E-state index contributed by atoms with van der Waals surface area (Å²) in [7, 11) is 0. The molecule has 2 fully saturated rings. The van der Waals surface area contributed by atoms with Gasteiger partial charge in [-0.3, -0.25) is 4.79 Å². The van der Waals surface area contributed by atoms with E-state index in [0.29, 0.717) is 24.1 Å². The number of carbonyl (C=O) groups is 1. The van der Waals surface area contributed by atoms with E-state index in [1.54, 1.807) is 18.2 Å². The number of amides is 1. The van der Waals surface area contributed by atoms with Gasteiger partial charge in [-0.05, 0) is 73.3 Å². The molecule has 1 heterocycles. The zero-order valence-corrected chi connectivity index (χ0v) is 16.2. The number of allylic oxidation sites excluding steroid dienone is 1. The van der Waals surface area contributed by atoms with Gasteiger partial charge in [0.05, 0.1) is 0 Å². The van der Waals surface area contributed by atoms with E-state index in [9.17, 15) is 9.90 Å². The van der Waals surface area contributed by atoms with Crippen LogP contribution in [0.3, 0.4) is 0 Å². The van der Waals surface area contributed by atoms with Crippen LogP contribution in [-0.4, -0.2) is 35.5 Å². The predicted molar refractivity (Wildman–Crippen MR) is 110 cm³/mol. The molecule has 2 aliphatic rings. The summed E-state index contributed by atoms with van der Waals surface area (Å²) in [5.74, 6) is 1.39. The maximum atomic E-state index is 12.5. The molecule has 3 N–H and O–H groups in total. The molecule has 0 spiro atoms. The van der Waals surface area contributed by atoms with E-state index in [2.05, 4.69) is 19.6 Å². The fourth-order valence-corrected chi connectivity index (χ4v) is 3.73. The third-order valence-electron chi connectivity index (χ3n) is 5.63. The SMILES string of the molecule is C=C(/C=C(\C)C1CCN(C(=O)/C=C/c2ccc(C3CC3)c(O)c2)CC1)CN. The maximum Gasteiger partial charge on any atom is 0.246 e. The first kappa shape index (κ1) is 19.4. The number of piperidine rings is 1. The Morgan fingerprint density at radius 1 is 1.30 bits per heavy atom. The van der Waals surface area contributed by atoms with Gasteiger partial charge in [0.15, 0.2) is 0 Å². The lowest BCUT2D eigenvalue weighted by molar-refractivity contribution is -0.127. The minimum atomic E-state index is 0.0345. The average molecular weight is 367 g/mol. The van der Waals surface area contributed by atoms with Crippen molar-refractivity contribution in [1.82, 2.24) is 4.90 Å². The second kappa shape index (κ2) is 8.57. The molecule has 0 unspecified atom stereocenters. The highest BCUT2D eigenvalue weighted by molar-refractivity contribution is 5.91. The Balaban J connectivity index is 1.53. The van der Waals surface area contributed by atoms with Crippen molar-refractivity contribution in [3.05, 3.63) is 59.2 Å². The van der Waals surface area contributed by atoms with E-state index < -0.39 is 0 Å². The van der Waals surface area contributed by atoms with Crippen molar-refractivity contribution < 1.29 is 9.90 Å². The Hall–Kier alpha value is -2.33. The maximum absolute atomic E-state index is 12.5. The molecule has 27 heavy (non-hydrogen) atoms. The molecular weight excluding hydrogens is 336 g/mol. The highest BCUT2D eigenvalue weighted by atomic mass is 16.3. The van der Waals surface area contributed by atoms with E-state index in [1.807, 2.05) is 17.0 Å². The van der Waals surface area contributed by atoms with Gasteiger partial charge in [-0.2, -0.15) is 0 Å². The van der Waals surface area contributed by atoms with Gasteiger partial charge in [0, 0.05) is 25.7 Å². The summed E-state index contributed by atoms with van der Waals surface area (Å²) in [4.78, 5) is 14.4. The van der Waals surface area contributed by atoms with Crippen LogP contribution < -0.4 is 5.73 Å². The van der Waals surface area contributed by atoms with Crippen molar-refractivity contribution in [1.29, 1.82) is 0 Å². The quantitative estimate of drug-likeness (QED) is 0.591. The van der Waals surface area contributed by atoms with Crippen LogP contribution in [0.15, 0.2) is 48.1 Å². The zero-order chi connectivity index (χ0) is 19.4. The Labute approximate surface area is 162 Å². The Morgan fingerprint density at radius 2 is 2.00 bits per heavy atom. The van der Waals surface area contributed by atoms with Crippen molar-refractivity contribution >= 4 is 12.0 Å². The number of aromatic hydroxyl groups is 1. The molecule has 4 nitrogen and oxygen atoms in total. The summed E-state index contributed by atoms with van der Waals surface area (Å²) in [6.45, 7) is 8.07. The van der Waals surface area contributed by atoms with Crippen molar-refractivity contribution in [2.24, 2.45) is 11.7 Å². The van der Waals surface area contributed by atoms with Gasteiger partial charge in [-0.15, -0.1) is 0 Å². The van der Waals surface area contributed by atoms with E-state index >= 15 is 0 Å². The lowest BCUT2D eigenvalue weighted by atomic mass is 9.89. The molecule has 3 rings (SSSR count). The van der Waals surface area contributed by atoms with Gasteiger partial charge in [0.25, 0.3) is 0 Å². The first-order valence-corrected chi connectivity index (χ1v) is 9.84. The highest BCUT2D eigenvalue weighted by Gasteiger charge is 2.26. The summed E-state index contributed by atoms with van der Waals surface area (Å²) in [5.41, 5.74) is 9.75. The second-order valence-electron chi connectivity index (χ2n) is 7.78. The molecule has 0 radical (unpaired) electrons. The van der Waals surface area contributed by atoms with E-state index in [4.69, 9.17) is 5.73 Å². The van der Waals surface area contributed by atoms with Crippen LogP contribution >= 0.6 is 0 Å². The minimum Gasteiger partial charge on any atom is -0.508 e. The molecule has 0 bridgehead atoms. The highest BCUT2D eigenvalue weighted by Crippen LogP contribution is 2.44. The molecule has 0 aromatic heterocycles. The van der Waals surface area contributed by atoms with Gasteiger partial charge in [0.1, 0.15) is 5.75 Å². The van der Waals surface area contributed by atoms with E-state index in [-0.39, 0.29) is 5.91 Å². The van der Waals surface area contributed by atoms with Crippen LogP contribution in [-0.2, 0) is 4.79 Å². The molecule has 1 aromatic rings. The standard InChI is InChI=1S/C23H30N2O2/c1-16(15-24)13-17(2)19-9-11-25(12-10-19)23(27)8-4-18-3-7-21(20-5-6-20)22(26)14-18/h3-4,7-8,13-14,19-20,26H,1,5-6,9-12,15,24H2,2H3/b8-4+,17-13+. The molecule has 1 aromatic carbocycles. The number of hydrogen-bond acceptors (Lipinski definition) is 3. The predicted octanol–water partition coefficient (Wildman–Crippen LogP) is 3.98. The lowest BCUT2D eigenvalue weighted by Crippen LogP contribution is -2.37. The number of phenols is 1. The third-order valence-corrected chi connectivity index (χ3v) is 5.63. The topological polar surface area (TPSA) is 66.6 Å². The Bertz CT molecular complexity index is 767. The van der Waals surface area contributed by atoms with Gasteiger partial charge < -0.3 is 15.7 Å². The van der Waals surface area contributed by atoms with Gasteiger partial charge in [-0.25, -0.2) is 0 Å². The third kappa shape index (κ3) is 5.10. The van der Waals surface area contributed by atoms with Crippen LogP contribution in [0.1, 0.15) is 49.7 Å². The summed E-state index contributed by atoms with van der Waals surface area (Å²) >= 11 is 0. The number of rotatable bonds is 6. The normalized spacial score (nSPS) is 18.9. The zero-order valence-electron chi connectivity index (χ0n) is 16.2. The molecule has 0 atom stereocenters. The van der Waals surface area contributed by atoms with Gasteiger partial charge in [-0.1, -0.05) is 30.4 Å². The minimum absolute atomic E-state index is 0.0345. The fraction of sp³-hybridized carbons (Fsp3) is 0.435. The number of phenolic OH excluding ortho intramolecular Hbond substituents is 1. The van der Waals surface area contributed by atoms with Crippen LogP contribution in [0, 0.1) is 5.92 Å².